The molecule has 1 atom stereocenters. The Bertz CT molecular complexity index is 686. The molecule has 2 rings (SSSR count). The number of aliphatic hydroxyl groups excluding tert-OH is 1. The second-order valence-electron chi connectivity index (χ2n) is 7.13. The van der Waals surface area contributed by atoms with E-state index >= 15 is 0 Å². The first-order valence-electron chi connectivity index (χ1n) is 9.85. The first-order chi connectivity index (χ1) is 13.5. The second-order valence-corrected chi connectivity index (χ2v) is 7.13. The van der Waals surface area contributed by atoms with Crippen molar-refractivity contribution in [2.75, 3.05) is 19.8 Å². The first kappa shape index (κ1) is 21.9. The number of carbonyl (C=O) groups excluding carboxylic acids is 1. The van der Waals surface area contributed by atoms with Crippen molar-refractivity contribution < 1.29 is 19.4 Å². The molecular weight excluding hydrogens is 354 g/mol. The van der Waals surface area contributed by atoms with Crippen LogP contribution in [0.1, 0.15) is 31.4 Å². The van der Waals surface area contributed by atoms with Crippen LogP contribution in [0.3, 0.4) is 0 Å². The van der Waals surface area contributed by atoms with Crippen LogP contribution in [0.2, 0.25) is 0 Å². The normalized spacial score (nSPS) is 12.0. The summed E-state index contributed by atoms with van der Waals surface area (Å²) >= 11 is 0. The van der Waals surface area contributed by atoms with E-state index in [-0.39, 0.29) is 12.6 Å². The van der Waals surface area contributed by atoms with Crippen LogP contribution >= 0.6 is 0 Å². The molecule has 0 bridgehead atoms. The number of nitrogens with one attached hydrogen (secondary N) is 1. The van der Waals surface area contributed by atoms with Gasteiger partial charge in [-0.25, -0.2) is 0 Å². The van der Waals surface area contributed by atoms with Gasteiger partial charge in [-0.2, -0.15) is 0 Å². The number of aliphatic hydroxyl groups is 1. The molecule has 0 spiro atoms. The van der Waals surface area contributed by atoms with E-state index in [2.05, 4.69) is 5.32 Å². The van der Waals surface area contributed by atoms with Gasteiger partial charge < -0.3 is 19.9 Å². The van der Waals surface area contributed by atoms with E-state index in [1.807, 2.05) is 68.4 Å². The number of ether oxygens (including phenoxy) is 2. The van der Waals surface area contributed by atoms with Gasteiger partial charge in [0.1, 0.15) is 18.5 Å². The summed E-state index contributed by atoms with van der Waals surface area (Å²) in [6.45, 7) is 5.22. The van der Waals surface area contributed by atoms with Gasteiger partial charge in [0.05, 0.1) is 6.61 Å². The van der Waals surface area contributed by atoms with Crippen LogP contribution in [-0.2, 0) is 22.4 Å². The SMILES string of the molecule is CC(C)NCC(O)COc1ccc(CCC(=O)OCCc2ccccc2)cc1. The van der Waals surface area contributed by atoms with Gasteiger partial charge in [0.2, 0.25) is 0 Å². The molecule has 2 aromatic carbocycles. The molecule has 1 unspecified atom stereocenters. The first-order valence-corrected chi connectivity index (χ1v) is 9.85. The van der Waals surface area contributed by atoms with Crippen LogP contribution in [0.25, 0.3) is 0 Å². The Balaban J connectivity index is 1.63. The van der Waals surface area contributed by atoms with Gasteiger partial charge in [0, 0.05) is 25.4 Å². The van der Waals surface area contributed by atoms with Gasteiger partial charge in [-0.3, -0.25) is 4.79 Å². The Morgan fingerprint density at radius 2 is 1.68 bits per heavy atom. The van der Waals surface area contributed by atoms with Gasteiger partial charge in [-0.1, -0.05) is 56.3 Å². The van der Waals surface area contributed by atoms with E-state index in [1.54, 1.807) is 0 Å². The molecule has 2 N–H and O–H groups in total. The van der Waals surface area contributed by atoms with Crippen LogP contribution in [0, 0.1) is 0 Å². The van der Waals surface area contributed by atoms with Crippen molar-refractivity contribution in [3.63, 3.8) is 0 Å². The molecule has 0 aromatic heterocycles. The van der Waals surface area contributed by atoms with Crippen molar-refractivity contribution in [3.05, 3.63) is 65.7 Å². The molecule has 0 saturated heterocycles. The third-order valence-electron chi connectivity index (χ3n) is 4.24. The second kappa shape index (κ2) is 12.2. The Labute approximate surface area is 167 Å². The molecule has 0 radical (unpaired) electrons. The summed E-state index contributed by atoms with van der Waals surface area (Å²) in [6.07, 6.45) is 1.17. The number of esters is 1. The maximum Gasteiger partial charge on any atom is 0.306 e. The van der Waals surface area contributed by atoms with Crippen LogP contribution < -0.4 is 10.1 Å². The Hall–Kier alpha value is -2.37. The standard InChI is InChI=1S/C23H31NO4/c1-18(2)24-16-21(25)17-28-22-11-8-20(9-12-22)10-13-23(26)27-15-14-19-6-4-3-5-7-19/h3-9,11-12,18,21,24-25H,10,13-17H2,1-2H3. The Morgan fingerprint density at radius 3 is 2.36 bits per heavy atom. The van der Waals surface area contributed by atoms with Gasteiger partial charge in [0.15, 0.2) is 0 Å². The smallest absolute Gasteiger partial charge is 0.306 e. The van der Waals surface area contributed by atoms with Crippen LogP contribution in [-0.4, -0.2) is 43.0 Å². The zero-order chi connectivity index (χ0) is 20.2. The fourth-order valence-corrected chi connectivity index (χ4v) is 2.62. The summed E-state index contributed by atoms with van der Waals surface area (Å²) in [5, 5.41) is 13.0. The highest BCUT2D eigenvalue weighted by Gasteiger charge is 2.07. The van der Waals surface area contributed by atoms with Gasteiger partial charge in [-0.05, 0) is 29.7 Å². The van der Waals surface area contributed by atoms with Gasteiger partial charge >= 0.3 is 5.97 Å². The van der Waals surface area contributed by atoms with Crippen molar-refractivity contribution in [2.24, 2.45) is 0 Å². The number of carbonyl (C=O) groups is 1. The van der Waals surface area contributed by atoms with Crippen molar-refractivity contribution in [1.29, 1.82) is 0 Å². The van der Waals surface area contributed by atoms with Crippen molar-refractivity contribution in [3.8, 4) is 5.75 Å². The summed E-state index contributed by atoms with van der Waals surface area (Å²) in [5.74, 6) is 0.523. The van der Waals surface area contributed by atoms with E-state index in [4.69, 9.17) is 9.47 Å². The molecule has 0 saturated carbocycles. The largest absolute Gasteiger partial charge is 0.491 e. The lowest BCUT2D eigenvalue weighted by Crippen LogP contribution is -2.35. The molecule has 0 heterocycles. The van der Waals surface area contributed by atoms with Crippen molar-refractivity contribution in [1.82, 2.24) is 5.32 Å². The molecule has 5 nitrogen and oxygen atoms in total. The molecule has 152 valence electrons. The molecule has 0 amide bonds. The van der Waals surface area contributed by atoms with E-state index < -0.39 is 6.10 Å². The zero-order valence-corrected chi connectivity index (χ0v) is 16.8. The molecule has 0 aliphatic heterocycles. The fraction of sp³-hybridized carbons (Fsp3) is 0.435. The molecule has 0 aliphatic carbocycles. The zero-order valence-electron chi connectivity index (χ0n) is 16.8. The number of aryl methyl sites for hydroxylation is 1. The summed E-state index contributed by atoms with van der Waals surface area (Å²) < 4.78 is 10.9. The lowest BCUT2D eigenvalue weighted by atomic mass is 10.1. The number of hydrogen-bond donors (Lipinski definition) is 2. The third-order valence-corrected chi connectivity index (χ3v) is 4.24. The maximum atomic E-state index is 11.9. The molecule has 0 fully saturated rings. The quantitative estimate of drug-likeness (QED) is 0.550. The molecule has 2 aromatic rings. The minimum atomic E-state index is -0.548. The number of benzene rings is 2. The predicted octanol–water partition coefficient (Wildman–Crippen LogP) is 3.14. The monoisotopic (exact) mass is 385 g/mol. The highest BCUT2D eigenvalue weighted by molar-refractivity contribution is 5.69. The summed E-state index contributed by atoms with van der Waals surface area (Å²) in [5.41, 5.74) is 2.21. The highest BCUT2D eigenvalue weighted by atomic mass is 16.5. The highest BCUT2D eigenvalue weighted by Crippen LogP contribution is 2.14. The average molecular weight is 386 g/mol. The minimum absolute atomic E-state index is 0.183. The lowest BCUT2D eigenvalue weighted by molar-refractivity contribution is -0.143. The maximum absolute atomic E-state index is 11.9. The number of hydrogen-bond acceptors (Lipinski definition) is 5. The minimum Gasteiger partial charge on any atom is -0.491 e. The Morgan fingerprint density at radius 1 is 1.00 bits per heavy atom. The van der Waals surface area contributed by atoms with E-state index in [1.165, 1.54) is 0 Å². The summed E-state index contributed by atoms with van der Waals surface area (Å²) in [4.78, 5) is 11.9. The molecular formula is C23H31NO4. The Kier molecular flexibility index (Phi) is 9.52. The predicted molar refractivity (Wildman–Crippen MR) is 111 cm³/mol. The van der Waals surface area contributed by atoms with Crippen LogP contribution in [0.5, 0.6) is 5.75 Å². The summed E-state index contributed by atoms with van der Waals surface area (Å²) in [6, 6.07) is 17.9. The van der Waals surface area contributed by atoms with Crippen molar-refractivity contribution >= 4 is 5.97 Å². The van der Waals surface area contributed by atoms with Crippen molar-refractivity contribution in [2.45, 2.75) is 45.3 Å². The van der Waals surface area contributed by atoms with E-state index in [9.17, 15) is 9.90 Å². The topological polar surface area (TPSA) is 67.8 Å². The summed E-state index contributed by atoms with van der Waals surface area (Å²) in [7, 11) is 0. The average Bonchev–Trinajstić information content (AvgIpc) is 2.70. The van der Waals surface area contributed by atoms with Gasteiger partial charge in [0.25, 0.3) is 0 Å². The fourth-order valence-electron chi connectivity index (χ4n) is 2.62. The third kappa shape index (κ3) is 9.02. The molecule has 5 heteroatoms. The van der Waals surface area contributed by atoms with Crippen LogP contribution in [0.15, 0.2) is 54.6 Å². The van der Waals surface area contributed by atoms with E-state index in [0.717, 1.165) is 17.5 Å². The lowest BCUT2D eigenvalue weighted by Gasteiger charge is -2.15. The van der Waals surface area contributed by atoms with E-state index in [0.29, 0.717) is 37.8 Å². The van der Waals surface area contributed by atoms with Crippen LogP contribution in [0.4, 0.5) is 0 Å². The number of rotatable bonds is 12. The molecule has 0 aliphatic rings. The van der Waals surface area contributed by atoms with Gasteiger partial charge in [-0.15, -0.1) is 0 Å². The molecule has 28 heavy (non-hydrogen) atoms.